The summed E-state index contributed by atoms with van der Waals surface area (Å²) in [7, 11) is 0. The standard InChI is InChI=1S/C16H19N3S/c17-10-4-5-11-18-12-6-9-15-13-20-16(19-15)14-7-2-1-3-8-14/h1-3,7-8,13,18H,4-6,9,11-12H2. The molecule has 104 valence electrons. The zero-order valence-electron chi connectivity index (χ0n) is 11.5. The first kappa shape index (κ1) is 14.7. The van der Waals surface area contributed by atoms with Gasteiger partial charge in [0.2, 0.25) is 0 Å². The van der Waals surface area contributed by atoms with Crippen molar-refractivity contribution in [3.63, 3.8) is 0 Å². The van der Waals surface area contributed by atoms with Gasteiger partial charge in [0.1, 0.15) is 5.01 Å². The van der Waals surface area contributed by atoms with E-state index in [9.17, 15) is 0 Å². The molecule has 20 heavy (non-hydrogen) atoms. The molecule has 0 fully saturated rings. The summed E-state index contributed by atoms with van der Waals surface area (Å²) in [5.41, 5.74) is 2.37. The zero-order chi connectivity index (χ0) is 14.0. The fourth-order valence-electron chi connectivity index (χ4n) is 1.95. The van der Waals surface area contributed by atoms with Crippen LogP contribution in [0.5, 0.6) is 0 Å². The van der Waals surface area contributed by atoms with Gasteiger partial charge < -0.3 is 5.32 Å². The number of nitrogens with zero attached hydrogens (tertiary/aromatic N) is 2. The number of thiazole rings is 1. The number of nitriles is 1. The first-order valence-corrected chi connectivity index (χ1v) is 7.85. The summed E-state index contributed by atoms with van der Waals surface area (Å²) in [6.45, 7) is 1.92. The van der Waals surface area contributed by atoms with Crippen LogP contribution in [0, 0.1) is 11.3 Å². The third-order valence-electron chi connectivity index (χ3n) is 3.00. The normalized spacial score (nSPS) is 10.3. The predicted octanol–water partition coefficient (Wildman–Crippen LogP) is 3.64. The second kappa shape index (κ2) is 8.47. The fourth-order valence-corrected chi connectivity index (χ4v) is 2.81. The van der Waals surface area contributed by atoms with E-state index in [4.69, 9.17) is 5.26 Å². The van der Waals surface area contributed by atoms with Gasteiger partial charge in [-0.25, -0.2) is 4.98 Å². The number of nitrogens with one attached hydrogen (secondary N) is 1. The Morgan fingerprint density at radius 3 is 2.75 bits per heavy atom. The predicted molar refractivity (Wildman–Crippen MR) is 83.6 cm³/mol. The van der Waals surface area contributed by atoms with Gasteiger partial charge in [0.15, 0.2) is 0 Å². The molecule has 0 aliphatic heterocycles. The minimum atomic E-state index is 0.638. The van der Waals surface area contributed by atoms with E-state index in [1.807, 2.05) is 18.2 Å². The molecule has 0 unspecified atom stereocenters. The molecule has 0 bridgehead atoms. The number of unbranched alkanes of at least 4 members (excludes halogenated alkanes) is 1. The van der Waals surface area contributed by atoms with Crippen LogP contribution in [0.1, 0.15) is 25.0 Å². The maximum Gasteiger partial charge on any atom is 0.123 e. The number of aryl methyl sites for hydroxylation is 1. The molecule has 4 heteroatoms. The average Bonchev–Trinajstić information content (AvgIpc) is 2.96. The summed E-state index contributed by atoms with van der Waals surface area (Å²) < 4.78 is 0. The first-order chi connectivity index (χ1) is 9.90. The van der Waals surface area contributed by atoms with Crippen molar-refractivity contribution in [2.75, 3.05) is 13.1 Å². The quantitative estimate of drug-likeness (QED) is 0.753. The van der Waals surface area contributed by atoms with Gasteiger partial charge in [-0.2, -0.15) is 5.26 Å². The van der Waals surface area contributed by atoms with Crippen molar-refractivity contribution in [2.24, 2.45) is 0 Å². The molecule has 0 amide bonds. The molecule has 0 aliphatic carbocycles. The van der Waals surface area contributed by atoms with Crippen molar-refractivity contribution in [1.82, 2.24) is 10.3 Å². The second-order valence-electron chi connectivity index (χ2n) is 4.63. The molecule has 1 N–H and O–H groups in total. The van der Waals surface area contributed by atoms with Crippen molar-refractivity contribution >= 4 is 11.3 Å². The third-order valence-corrected chi connectivity index (χ3v) is 3.94. The molecule has 2 aromatic rings. The Labute approximate surface area is 124 Å². The lowest BCUT2D eigenvalue weighted by molar-refractivity contribution is 0.625. The average molecular weight is 285 g/mol. The van der Waals surface area contributed by atoms with E-state index in [-0.39, 0.29) is 0 Å². The maximum absolute atomic E-state index is 8.43. The molecular weight excluding hydrogens is 266 g/mol. The number of hydrogen-bond acceptors (Lipinski definition) is 4. The van der Waals surface area contributed by atoms with Crippen LogP contribution >= 0.6 is 11.3 Å². The number of benzene rings is 1. The SMILES string of the molecule is N#CCCCNCCCc1csc(-c2ccccc2)n1. The monoisotopic (exact) mass is 285 g/mol. The highest BCUT2D eigenvalue weighted by atomic mass is 32.1. The van der Waals surface area contributed by atoms with Crippen LogP contribution < -0.4 is 5.32 Å². The van der Waals surface area contributed by atoms with Gasteiger partial charge in [-0.05, 0) is 32.4 Å². The van der Waals surface area contributed by atoms with Crippen molar-refractivity contribution in [3.05, 3.63) is 41.4 Å². The zero-order valence-corrected chi connectivity index (χ0v) is 12.3. The molecule has 3 nitrogen and oxygen atoms in total. The molecule has 0 radical (unpaired) electrons. The summed E-state index contributed by atoms with van der Waals surface area (Å²) in [5.74, 6) is 0. The molecule has 0 atom stereocenters. The summed E-state index contributed by atoms with van der Waals surface area (Å²) >= 11 is 1.71. The number of aromatic nitrogens is 1. The summed E-state index contributed by atoms with van der Waals surface area (Å²) in [6, 6.07) is 12.5. The second-order valence-corrected chi connectivity index (χ2v) is 5.48. The molecule has 1 heterocycles. The Morgan fingerprint density at radius 2 is 1.95 bits per heavy atom. The van der Waals surface area contributed by atoms with Crippen molar-refractivity contribution < 1.29 is 0 Å². The van der Waals surface area contributed by atoms with Crippen molar-refractivity contribution in [1.29, 1.82) is 5.26 Å². The van der Waals surface area contributed by atoms with E-state index < -0.39 is 0 Å². The van der Waals surface area contributed by atoms with E-state index in [1.165, 1.54) is 11.3 Å². The Hall–Kier alpha value is -1.70. The Bertz CT molecular complexity index is 542. The van der Waals surface area contributed by atoms with Gasteiger partial charge >= 0.3 is 0 Å². The van der Waals surface area contributed by atoms with Gasteiger partial charge in [0.05, 0.1) is 11.8 Å². The highest BCUT2D eigenvalue weighted by Gasteiger charge is 2.03. The van der Waals surface area contributed by atoms with Crippen LogP contribution in [0.3, 0.4) is 0 Å². The van der Waals surface area contributed by atoms with Gasteiger partial charge in [0.25, 0.3) is 0 Å². The highest BCUT2D eigenvalue weighted by molar-refractivity contribution is 7.13. The van der Waals surface area contributed by atoms with Gasteiger partial charge in [-0.3, -0.25) is 0 Å². The largest absolute Gasteiger partial charge is 0.317 e. The van der Waals surface area contributed by atoms with Crippen LogP contribution in [-0.2, 0) is 6.42 Å². The molecule has 0 saturated carbocycles. The van der Waals surface area contributed by atoms with Crippen LogP contribution in [0.15, 0.2) is 35.7 Å². The third kappa shape index (κ3) is 4.76. The summed E-state index contributed by atoms with van der Waals surface area (Å²) in [6.07, 6.45) is 3.67. The van der Waals surface area contributed by atoms with Crippen molar-refractivity contribution in [3.8, 4) is 16.6 Å². The minimum Gasteiger partial charge on any atom is -0.317 e. The van der Waals surface area contributed by atoms with Crippen LogP contribution in [0.4, 0.5) is 0 Å². The molecule has 2 rings (SSSR count). The minimum absolute atomic E-state index is 0.638. The summed E-state index contributed by atoms with van der Waals surface area (Å²) in [4.78, 5) is 4.68. The smallest absolute Gasteiger partial charge is 0.123 e. The van der Waals surface area contributed by atoms with Crippen LogP contribution in [-0.4, -0.2) is 18.1 Å². The molecule has 0 spiro atoms. The lowest BCUT2D eigenvalue weighted by Crippen LogP contribution is -2.17. The van der Waals surface area contributed by atoms with Gasteiger partial charge in [-0.15, -0.1) is 11.3 Å². The van der Waals surface area contributed by atoms with Crippen molar-refractivity contribution in [2.45, 2.75) is 25.7 Å². The molecule has 0 aliphatic rings. The van der Waals surface area contributed by atoms with E-state index in [0.717, 1.165) is 37.4 Å². The first-order valence-electron chi connectivity index (χ1n) is 6.97. The Balaban J connectivity index is 1.70. The molecule has 0 saturated heterocycles. The fraction of sp³-hybridized carbons (Fsp3) is 0.375. The lowest BCUT2D eigenvalue weighted by Gasteiger charge is -2.01. The van der Waals surface area contributed by atoms with E-state index in [0.29, 0.717) is 6.42 Å². The van der Waals surface area contributed by atoms with Crippen LogP contribution in [0.25, 0.3) is 10.6 Å². The number of rotatable bonds is 8. The summed E-state index contributed by atoms with van der Waals surface area (Å²) in [5, 5.41) is 15.0. The molecular formula is C16H19N3S. The molecule has 1 aromatic heterocycles. The Kier molecular flexibility index (Phi) is 6.22. The van der Waals surface area contributed by atoms with Gasteiger partial charge in [-0.1, -0.05) is 30.3 Å². The van der Waals surface area contributed by atoms with Crippen LogP contribution in [0.2, 0.25) is 0 Å². The molecule has 1 aromatic carbocycles. The number of hydrogen-bond donors (Lipinski definition) is 1. The van der Waals surface area contributed by atoms with E-state index in [1.54, 1.807) is 11.3 Å². The van der Waals surface area contributed by atoms with Gasteiger partial charge in [0, 0.05) is 17.4 Å². The topological polar surface area (TPSA) is 48.7 Å². The Morgan fingerprint density at radius 1 is 1.15 bits per heavy atom. The highest BCUT2D eigenvalue weighted by Crippen LogP contribution is 2.23. The lowest BCUT2D eigenvalue weighted by atomic mass is 10.2. The van der Waals surface area contributed by atoms with E-state index in [2.05, 4.69) is 33.9 Å². The maximum atomic E-state index is 8.43. The van der Waals surface area contributed by atoms with E-state index >= 15 is 0 Å².